The highest BCUT2D eigenvalue weighted by Gasteiger charge is 2.20. The number of thiophene rings is 1. The van der Waals surface area contributed by atoms with Gasteiger partial charge in [0.25, 0.3) is 5.91 Å². The van der Waals surface area contributed by atoms with Gasteiger partial charge in [0.2, 0.25) is 0 Å². The normalized spacial score (nSPS) is 16.6. The largest absolute Gasteiger partial charge is 0.281 e. The van der Waals surface area contributed by atoms with Crippen molar-refractivity contribution in [3.63, 3.8) is 0 Å². The van der Waals surface area contributed by atoms with Gasteiger partial charge in [0.1, 0.15) is 0 Å². The lowest BCUT2D eigenvalue weighted by Gasteiger charge is -2.16. The number of fused-ring (bicyclic) bond motifs is 1. The van der Waals surface area contributed by atoms with E-state index < -0.39 is 0 Å². The number of carbonyl (C=O) groups excluding carboxylic acids is 1. The number of para-hydroxylation sites is 1. The molecule has 0 unspecified atom stereocenters. The van der Waals surface area contributed by atoms with Crippen molar-refractivity contribution in [1.82, 2.24) is 15.2 Å². The van der Waals surface area contributed by atoms with E-state index in [2.05, 4.69) is 22.5 Å². The van der Waals surface area contributed by atoms with Gasteiger partial charge in [0.15, 0.2) is 0 Å². The topological polar surface area (TPSA) is 59.3 Å². The summed E-state index contributed by atoms with van der Waals surface area (Å²) in [6, 6.07) is 11.9. The molecule has 1 aliphatic rings. The first kappa shape index (κ1) is 16.7. The smallest absolute Gasteiger partial charge is 0.266 e. The molecule has 1 amide bonds. The molecule has 4 rings (SSSR count). The summed E-state index contributed by atoms with van der Waals surface area (Å²) in [6.07, 6.45) is 8.56. The van der Waals surface area contributed by atoms with E-state index in [1.165, 1.54) is 16.9 Å². The zero-order chi connectivity index (χ0) is 17.9. The summed E-state index contributed by atoms with van der Waals surface area (Å²) in [4.78, 5) is 14.4. The maximum Gasteiger partial charge on any atom is 0.281 e. The number of nitrogens with zero attached hydrogens (tertiary/aromatic N) is 3. The van der Waals surface area contributed by atoms with Gasteiger partial charge in [-0.15, -0.1) is 11.3 Å². The fourth-order valence-corrected chi connectivity index (χ4v) is 4.26. The summed E-state index contributed by atoms with van der Waals surface area (Å²) in [6.45, 7) is 2.26. The second-order valence-corrected chi connectivity index (χ2v) is 7.80. The minimum Gasteiger partial charge on any atom is -0.266 e. The SMILES string of the molecule is C[C@H]1CCc2sc(C(=O)N/N=C\c3cnn(-c4ccccc4)c3)cc2C1. The molecule has 132 valence electrons. The van der Waals surface area contributed by atoms with Gasteiger partial charge in [-0.05, 0) is 48.9 Å². The molecule has 0 radical (unpaired) electrons. The number of aromatic nitrogens is 2. The van der Waals surface area contributed by atoms with Gasteiger partial charge in [-0.3, -0.25) is 4.79 Å². The third-order valence-electron chi connectivity index (χ3n) is 4.56. The van der Waals surface area contributed by atoms with Crippen molar-refractivity contribution in [2.75, 3.05) is 0 Å². The summed E-state index contributed by atoms with van der Waals surface area (Å²) in [7, 11) is 0. The van der Waals surface area contributed by atoms with Gasteiger partial charge in [0.05, 0.1) is 23.0 Å². The third-order valence-corrected chi connectivity index (χ3v) is 5.79. The Bertz CT molecular complexity index is 942. The number of benzene rings is 1. The van der Waals surface area contributed by atoms with Crippen LogP contribution in [0.5, 0.6) is 0 Å². The molecule has 0 fully saturated rings. The van der Waals surface area contributed by atoms with Gasteiger partial charge < -0.3 is 0 Å². The Hall–Kier alpha value is -2.73. The van der Waals surface area contributed by atoms with Gasteiger partial charge in [-0.25, -0.2) is 10.1 Å². The molecular weight excluding hydrogens is 344 g/mol. The highest BCUT2D eigenvalue weighted by Crippen LogP contribution is 2.32. The minimum absolute atomic E-state index is 0.149. The van der Waals surface area contributed by atoms with Crippen LogP contribution < -0.4 is 5.43 Å². The Morgan fingerprint density at radius 3 is 3.08 bits per heavy atom. The Labute approximate surface area is 156 Å². The van der Waals surface area contributed by atoms with E-state index in [0.29, 0.717) is 5.92 Å². The Morgan fingerprint density at radius 1 is 1.38 bits per heavy atom. The second-order valence-electron chi connectivity index (χ2n) is 6.66. The zero-order valence-corrected chi connectivity index (χ0v) is 15.4. The molecule has 2 aromatic heterocycles. The summed E-state index contributed by atoms with van der Waals surface area (Å²) >= 11 is 1.59. The number of amides is 1. The monoisotopic (exact) mass is 364 g/mol. The van der Waals surface area contributed by atoms with Crippen molar-refractivity contribution in [2.24, 2.45) is 11.0 Å². The lowest BCUT2D eigenvalue weighted by Crippen LogP contribution is -2.16. The molecule has 0 bridgehead atoms. The molecule has 1 N–H and O–H groups in total. The Kier molecular flexibility index (Phi) is 4.67. The molecule has 5 nitrogen and oxygen atoms in total. The van der Waals surface area contributed by atoms with Crippen molar-refractivity contribution in [2.45, 2.75) is 26.2 Å². The first-order chi connectivity index (χ1) is 12.7. The molecule has 3 aromatic rings. The summed E-state index contributed by atoms with van der Waals surface area (Å²) in [5.74, 6) is 0.552. The van der Waals surface area contributed by atoms with Gasteiger partial charge in [0, 0.05) is 16.6 Å². The van der Waals surface area contributed by atoms with E-state index >= 15 is 0 Å². The Morgan fingerprint density at radius 2 is 2.23 bits per heavy atom. The number of hydrazone groups is 1. The maximum atomic E-state index is 12.3. The molecule has 1 aromatic carbocycles. The predicted molar refractivity (Wildman–Crippen MR) is 104 cm³/mol. The van der Waals surface area contributed by atoms with Crippen LogP contribution in [0.1, 0.15) is 39.0 Å². The van der Waals surface area contributed by atoms with E-state index in [1.54, 1.807) is 28.4 Å². The van der Waals surface area contributed by atoms with Gasteiger partial charge in [-0.2, -0.15) is 10.2 Å². The van der Waals surface area contributed by atoms with E-state index in [0.717, 1.165) is 29.0 Å². The van der Waals surface area contributed by atoms with Crippen LogP contribution in [0.4, 0.5) is 0 Å². The molecule has 26 heavy (non-hydrogen) atoms. The van der Waals surface area contributed by atoms with Crippen molar-refractivity contribution in [1.29, 1.82) is 0 Å². The van der Waals surface area contributed by atoms with Gasteiger partial charge >= 0.3 is 0 Å². The van der Waals surface area contributed by atoms with Crippen molar-refractivity contribution >= 4 is 23.5 Å². The van der Waals surface area contributed by atoms with E-state index in [1.807, 2.05) is 42.6 Å². The van der Waals surface area contributed by atoms with Crippen LogP contribution in [-0.2, 0) is 12.8 Å². The standard InChI is InChI=1S/C20H20N4OS/c1-14-7-8-18-16(9-14)10-19(26-18)20(25)23-21-11-15-12-22-24(13-15)17-5-3-2-4-6-17/h2-6,10-14H,7-9H2,1H3,(H,23,25)/b21-11-/t14-/m0/s1. The van der Waals surface area contributed by atoms with Crippen LogP contribution in [0.25, 0.3) is 5.69 Å². The number of hydrogen-bond acceptors (Lipinski definition) is 4. The number of carbonyl (C=O) groups is 1. The third kappa shape index (κ3) is 3.60. The van der Waals surface area contributed by atoms with Crippen LogP contribution >= 0.6 is 11.3 Å². The van der Waals surface area contributed by atoms with Crippen LogP contribution in [0, 0.1) is 5.92 Å². The molecular formula is C20H20N4OS. The van der Waals surface area contributed by atoms with Crippen molar-refractivity contribution in [3.05, 3.63) is 69.7 Å². The highest BCUT2D eigenvalue weighted by atomic mass is 32.1. The molecule has 0 spiro atoms. The van der Waals surface area contributed by atoms with Crippen LogP contribution in [0.3, 0.4) is 0 Å². The van der Waals surface area contributed by atoms with Crippen molar-refractivity contribution < 1.29 is 4.79 Å². The lowest BCUT2D eigenvalue weighted by atomic mass is 9.90. The maximum absolute atomic E-state index is 12.3. The molecule has 1 aliphatic carbocycles. The number of rotatable bonds is 4. The molecule has 2 heterocycles. The summed E-state index contributed by atoms with van der Waals surface area (Å²) in [5.41, 5.74) is 5.76. The van der Waals surface area contributed by atoms with E-state index in [9.17, 15) is 4.79 Å². The zero-order valence-electron chi connectivity index (χ0n) is 14.6. The van der Waals surface area contributed by atoms with Gasteiger partial charge in [-0.1, -0.05) is 25.1 Å². The molecule has 1 atom stereocenters. The van der Waals surface area contributed by atoms with Crippen LogP contribution in [0.15, 0.2) is 53.9 Å². The van der Waals surface area contributed by atoms with E-state index in [-0.39, 0.29) is 5.91 Å². The predicted octanol–water partition coefficient (Wildman–Crippen LogP) is 3.82. The quantitative estimate of drug-likeness (QED) is 0.565. The molecule has 6 heteroatoms. The number of aryl methyl sites for hydroxylation is 1. The average Bonchev–Trinajstić information content (AvgIpc) is 3.29. The van der Waals surface area contributed by atoms with Crippen LogP contribution in [-0.4, -0.2) is 21.9 Å². The molecule has 0 saturated carbocycles. The summed E-state index contributed by atoms with van der Waals surface area (Å²) in [5, 5.41) is 8.38. The number of nitrogens with one attached hydrogen (secondary N) is 1. The second kappa shape index (κ2) is 7.25. The summed E-state index contributed by atoms with van der Waals surface area (Å²) < 4.78 is 1.78. The first-order valence-electron chi connectivity index (χ1n) is 8.74. The average molecular weight is 364 g/mol. The van der Waals surface area contributed by atoms with Crippen LogP contribution in [0.2, 0.25) is 0 Å². The fourth-order valence-electron chi connectivity index (χ4n) is 3.16. The van der Waals surface area contributed by atoms with E-state index in [4.69, 9.17) is 0 Å². The first-order valence-corrected chi connectivity index (χ1v) is 9.56. The van der Waals surface area contributed by atoms with Crippen molar-refractivity contribution in [3.8, 4) is 5.69 Å². The molecule has 0 aliphatic heterocycles. The Balaban J connectivity index is 1.40. The highest BCUT2D eigenvalue weighted by molar-refractivity contribution is 7.14. The number of hydrogen-bond donors (Lipinski definition) is 1. The fraction of sp³-hybridized carbons (Fsp3) is 0.250. The molecule has 0 saturated heterocycles. The lowest BCUT2D eigenvalue weighted by molar-refractivity contribution is 0.0959. The minimum atomic E-state index is -0.149.